The first-order valence-corrected chi connectivity index (χ1v) is 4.57. The second kappa shape index (κ2) is 3.03. The van der Waals surface area contributed by atoms with E-state index in [1.54, 1.807) is 12.4 Å². The van der Waals surface area contributed by atoms with Crippen molar-refractivity contribution in [1.29, 1.82) is 0 Å². The highest BCUT2D eigenvalue weighted by molar-refractivity contribution is 5.81. The first kappa shape index (κ1) is 9.09. The summed E-state index contributed by atoms with van der Waals surface area (Å²) in [6.45, 7) is 3.98. The summed E-state index contributed by atoms with van der Waals surface area (Å²) in [6.07, 6.45) is 3.51. The van der Waals surface area contributed by atoms with E-state index < -0.39 is 0 Å². The minimum absolute atomic E-state index is 0.308. The molecule has 1 aromatic carbocycles. The summed E-state index contributed by atoms with van der Waals surface area (Å²) in [4.78, 5) is 0. The second-order valence-electron chi connectivity index (χ2n) is 4.05. The van der Waals surface area contributed by atoms with E-state index >= 15 is 0 Å². The molecule has 1 heterocycles. The lowest BCUT2D eigenvalue weighted by atomic mass is 9.94. The largest absolute Gasteiger partial charge is 0.322 e. The average Bonchev–Trinajstić information content (AvgIpc) is 2.16. The SMILES string of the molecule is CC(C)(N)c1ccc2cnncc2c1. The molecule has 2 aromatic rings. The lowest BCUT2D eigenvalue weighted by molar-refractivity contribution is 0.555. The van der Waals surface area contributed by atoms with E-state index in [0.29, 0.717) is 0 Å². The highest BCUT2D eigenvalue weighted by Gasteiger charge is 2.13. The van der Waals surface area contributed by atoms with E-state index in [1.807, 2.05) is 26.0 Å². The van der Waals surface area contributed by atoms with Gasteiger partial charge >= 0.3 is 0 Å². The van der Waals surface area contributed by atoms with Crippen molar-refractivity contribution in [3.05, 3.63) is 36.2 Å². The summed E-state index contributed by atoms with van der Waals surface area (Å²) in [5.41, 5.74) is 6.81. The quantitative estimate of drug-likeness (QED) is 0.741. The van der Waals surface area contributed by atoms with Gasteiger partial charge in [0.25, 0.3) is 0 Å². The maximum absolute atomic E-state index is 6.01. The third-order valence-corrected chi connectivity index (χ3v) is 2.29. The number of rotatable bonds is 1. The maximum Gasteiger partial charge on any atom is 0.0574 e. The summed E-state index contributed by atoms with van der Waals surface area (Å²) >= 11 is 0. The lowest BCUT2D eigenvalue weighted by Crippen LogP contribution is -2.28. The van der Waals surface area contributed by atoms with Crippen molar-refractivity contribution >= 4 is 10.8 Å². The highest BCUT2D eigenvalue weighted by atomic mass is 15.1. The molecule has 0 unspecified atom stereocenters. The van der Waals surface area contributed by atoms with E-state index in [2.05, 4.69) is 16.3 Å². The number of hydrogen-bond donors (Lipinski definition) is 1. The minimum atomic E-state index is -0.308. The number of nitrogens with two attached hydrogens (primary N) is 1. The lowest BCUT2D eigenvalue weighted by Gasteiger charge is -2.19. The molecule has 0 saturated heterocycles. The molecule has 0 bridgehead atoms. The monoisotopic (exact) mass is 187 g/mol. The van der Waals surface area contributed by atoms with Crippen LogP contribution in [0.15, 0.2) is 30.6 Å². The summed E-state index contributed by atoms with van der Waals surface area (Å²) in [7, 11) is 0. The maximum atomic E-state index is 6.01. The fourth-order valence-corrected chi connectivity index (χ4v) is 1.40. The highest BCUT2D eigenvalue weighted by Crippen LogP contribution is 2.21. The van der Waals surface area contributed by atoms with Gasteiger partial charge in [0.2, 0.25) is 0 Å². The van der Waals surface area contributed by atoms with Crippen molar-refractivity contribution in [2.45, 2.75) is 19.4 Å². The van der Waals surface area contributed by atoms with Crippen LogP contribution in [-0.4, -0.2) is 10.2 Å². The van der Waals surface area contributed by atoms with Crippen molar-refractivity contribution in [2.75, 3.05) is 0 Å². The van der Waals surface area contributed by atoms with Crippen LogP contribution in [0.5, 0.6) is 0 Å². The van der Waals surface area contributed by atoms with Crippen molar-refractivity contribution in [3.8, 4) is 0 Å². The van der Waals surface area contributed by atoms with Gasteiger partial charge in [-0.15, -0.1) is 0 Å². The molecule has 0 fully saturated rings. The van der Waals surface area contributed by atoms with Gasteiger partial charge in [0, 0.05) is 16.3 Å². The van der Waals surface area contributed by atoms with Crippen molar-refractivity contribution in [2.24, 2.45) is 5.73 Å². The van der Waals surface area contributed by atoms with Gasteiger partial charge in [0.1, 0.15) is 0 Å². The molecule has 0 aliphatic carbocycles. The van der Waals surface area contributed by atoms with Crippen molar-refractivity contribution < 1.29 is 0 Å². The zero-order valence-corrected chi connectivity index (χ0v) is 8.36. The van der Waals surface area contributed by atoms with Gasteiger partial charge in [-0.1, -0.05) is 12.1 Å². The normalized spacial score (nSPS) is 11.9. The molecular formula is C11H13N3. The molecule has 0 saturated carbocycles. The van der Waals surface area contributed by atoms with Crippen LogP contribution < -0.4 is 5.73 Å². The molecule has 0 radical (unpaired) electrons. The van der Waals surface area contributed by atoms with E-state index in [-0.39, 0.29) is 5.54 Å². The summed E-state index contributed by atoms with van der Waals surface area (Å²) in [5, 5.41) is 9.84. The molecule has 1 aromatic heterocycles. The smallest absolute Gasteiger partial charge is 0.0574 e. The van der Waals surface area contributed by atoms with Crippen LogP contribution in [0.2, 0.25) is 0 Å². The molecule has 2 N–H and O–H groups in total. The van der Waals surface area contributed by atoms with Crippen LogP contribution in [0.3, 0.4) is 0 Å². The average molecular weight is 187 g/mol. The fourth-order valence-electron chi connectivity index (χ4n) is 1.40. The molecule has 3 heteroatoms. The Morgan fingerprint density at radius 3 is 2.36 bits per heavy atom. The predicted molar refractivity (Wildman–Crippen MR) is 56.8 cm³/mol. The number of hydrogen-bond acceptors (Lipinski definition) is 3. The van der Waals surface area contributed by atoms with E-state index in [1.165, 1.54) is 0 Å². The third-order valence-electron chi connectivity index (χ3n) is 2.29. The number of benzene rings is 1. The van der Waals surface area contributed by atoms with Gasteiger partial charge in [-0.2, -0.15) is 10.2 Å². The molecule has 0 aliphatic rings. The number of nitrogens with zero attached hydrogens (tertiary/aromatic N) is 2. The Morgan fingerprint density at radius 2 is 1.71 bits per heavy atom. The van der Waals surface area contributed by atoms with Gasteiger partial charge in [-0.3, -0.25) is 0 Å². The Morgan fingerprint density at radius 1 is 1.07 bits per heavy atom. The van der Waals surface area contributed by atoms with Crippen LogP contribution in [-0.2, 0) is 5.54 Å². The van der Waals surface area contributed by atoms with Gasteiger partial charge < -0.3 is 5.73 Å². The third kappa shape index (κ3) is 1.59. The van der Waals surface area contributed by atoms with Gasteiger partial charge in [-0.05, 0) is 25.5 Å². The fraction of sp³-hybridized carbons (Fsp3) is 0.273. The topological polar surface area (TPSA) is 51.8 Å². The van der Waals surface area contributed by atoms with Crippen molar-refractivity contribution in [3.63, 3.8) is 0 Å². The standard InChI is InChI=1S/C11H13N3/c1-11(2,12)10-4-3-8-6-13-14-7-9(8)5-10/h3-7H,12H2,1-2H3. The number of aromatic nitrogens is 2. The van der Waals surface area contributed by atoms with E-state index in [9.17, 15) is 0 Å². The van der Waals surface area contributed by atoms with Crippen LogP contribution >= 0.6 is 0 Å². The first-order chi connectivity index (χ1) is 6.57. The van der Waals surface area contributed by atoms with Crippen LogP contribution in [0, 0.1) is 0 Å². The second-order valence-corrected chi connectivity index (χ2v) is 4.05. The molecule has 0 spiro atoms. The van der Waals surface area contributed by atoms with Crippen LogP contribution in [0.1, 0.15) is 19.4 Å². The van der Waals surface area contributed by atoms with E-state index in [0.717, 1.165) is 16.3 Å². The molecular weight excluding hydrogens is 174 g/mol. The molecule has 0 amide bonds. The molecule has 3 nitrogen and oxygen atoms in total. The number of fused-ring (bicyclic) bond motifs is 1. The van der Waals surface area contributed by atoms with Gasteiger partial charge in [-0.25, -0.2) is 0 Å². The van der Waals surface area contributed by atoms with Crippen molar-refractivity contribution in [1.82, 2.24) is 10.2 Å². The Balaban J connectivity index is 2.63. The Hall–Kier alpha value is -1.48. The summed E-state index contributed by atoms with van der Waals surface area (Å²) < 4.78 is 0. The van der Waals surface area contributed by atoms with E-state index in [4.69, 9.17) is 5.73 Å². The van der Waals surface area contributed by atoms with Gasteiger partial charge in [0.05, 0.1) is 12.4 Å². The van der Waals surface area contributed by atoms with Gasteiger partial charge in [0.15, 0.2) is 0 Å². The Kier molecular flexibility index (Phi) is 1.97. The Labute approximate surface area is 83.0 Å². The minimum Gasteiger partial charge on any atom is -0.322 e. The molecule has 72 valence electrons. The molecule has 0 aliphatic heterocycles. The zero-order valence-electron chi connectivity index (χ0n) is 8.36. The summed E-state index contributed by atoms with van der Waals surface area (Å²) in [6, 6.07) is 6.11. The predicted octanol–water partition coefficient (Wildman–Crippen LogP) is 1.82. The summed E-state index contributed by atoms with van der Waals surface area (Å²) in [5.74, 6) is 0. The zero-order chi connectivity index (χ0) is 10.2. The molecule has 2 rings (SSSR count). The van der Waals surface area contributed by atoms with Crippen LogP contribution in [0.25, 0.3) is 10.8 Å². The molecule has 0 atom stereocenters. The van der Waals surface area contributed by atoms with Crippen LogP contribution in [0.4, 0.5) is 0 Å². The first-order valence-electron chi connectivity index (χ1n) is 4.57. The Bertz CT molecular complexity index is 457. The molecule has 14 heavy (non-hydrogen) atoms.